The molecule has 0 aliphatic heterocycles. The third-order valence-corrected chi connectivity index (χ3v) is 10.2. The topological polar surface area (TPSA) is 58.2 Å². The summed E-state index contributed by atoms with van der Waals surface area (Å²) in [6, 6.07) is -0.164. The van der Waals surface area contributed by atoms with Crippen molar-refractivity contribution < 1.29 is 9.59 Å². The molecule has 4 heteroatoms. The highest BCUT2D eigenvalue weighted by atomic mass is 16.1. The molecule has 0 bridgehead atoms. The van der Waals surface area contributed by atoms with Crippen LogP contribution in [0.4, 0.5) is 0 Å². The second kappa shape index (κ2) is 21.8. The molecule has 4 nitrogen and oxygen atoms in total. The summed E-state index contributed by atoms with van der Waals surface area (Å²) in [4.78, 5) is 26.1. The summed E-state index contributed by atoms with van der Waals surface area (Å²) >= 11 is 0. The van der Waals surface area contributed by atoms with Gasteiger partial charge in [0.25, 0.3) is 0 Å². The monoisotopic (exact) mass is 707 g/mol. The van der Waals surface area contributed by atoms with Crippen molar-refractivity contribution in [2.45, 2.75) is 134 Å². The number of hydrogen-bond acceptors (Lipinski definition) is 4. The van der Waals surface area contributed by atoms with Gasteiger partial charge < -0.3 is 10.6 Å². The lowest BCUT2D eigenvalue weighted by Gasteiger charge is -2.37. The van der Waals surface area contributed by atoms with Crippen LogP contribution in [0.3, 0.4) is 0 Å². The van der Waals surface area contributed by atoms with Crippen LogP contribution in [0.1, 0.15) is 122 Å². The molecule has 2 aliphatic carbocycles. The molecule has 284 valence electrons. The van der Waals surface area contributed by atoms with E-state index in [1.807, 2.05) is 13.8 Å². The Morgan fingerprint density at radius 3 is 1.25 bits per heavy atom. The van der Waals surface area contributed by atoms with Crippen molar-refractivity contribution in [2.24, 2.45) is 10.8 Å². The Labute approximate surface area is 318 Å². The summed E-state index contributed by atoms with van der Waals surface area (Å²) in [5, 5.41) is 6.96. The Bertz CT molecular complexity index is 1470. The number of carbonyl (C=O) groups is 2. The molecular weight excluding hydrogens is 637 g/mol. The van der Waals surface area contributed by atoms with Crippen molar-refractivity contribution in [1.82, 2.24) is 10.6 Å². The molecule has 0 saturated heterocycles. The normalized spacial score (nSPS) is 22.6. The van der Waals surface area contributed by atoms with Crippen molar-refractivity contribution in [3.63, 3.8) is 0 Å². The quantitative estimate of drug-likeness (QED) is 0.110. The number of allylic oxidation sites excluding steroid dienone is 20. The molecule has 0 saturated carbocycles. The lowest BCUT2D eigenvalue weighted by molar-refractivity contribution is -0.119. The van der Waals surface area contributed by atoms with Gasteiger partial charge in [0.15, 0.2) is 11.6 Å². The number of Topliss-reactive ketones (excluding diaryl/α,β-unsaturated/α-hetero) is 2. The van der Waals surface area contributed by atoms with Gasteiger partial charge in [0.2, 0.25) is 0 Å². The number of rotatable bonds is 18. The largest absolute Gasteiger partial charge is 0.307 e. The van der Waals surface area contributed by atoms with E-state index in [-0.39, 0.29) is 34.5 Å². The highest BCUT2D eigenvalue weighted by Gasteiger charge is 2.38. The molecule has 0 aromatic heterocycles. The van der Waals surface area contributed by atoms with E-state index in [0.717, 1.165) is 96.2 Å². The molecule has 2 rings (SSSR count). The van der Waals surface area contributed by atoms with Crippen molar-refractivity contribution in [3.05, 3.63) is 130 Å². The zero-order valence-electron chi connectivity index (χ0n) is 34.7. The van der Waals surface area contributed by atoms with E-state index in [9.17, 15) is 9.59 Å². The molecule has 0 radical (unpaired) electrons. The van der Waals surface area contributed by atoms with Crippen LogP contribution in [0.2, 0.25) is 0 Å². The predicted octanol–water partition coefficient (Wildman–Crippen LogP) is 11.7. The van der Waals surface area contributed by atoms with E-state index in [0.29, 0.717) is 0 Å². The van der Waals surface area contributed by atoms with Crippen molar-refractivity contribution in [2.75, 3.05) is 13.1 Å². The molecule has 0 spiro atoms. The third kappa shape index (κ3) is 14.4. The lowest BCUT2D eigenvalue weighted by atomic mass is 9.70. The van der Waals surface area contributed by atoms with Gasteiger partial charge in [-0.05, 0) is 113 Å². The highest BCUT2D eigenvalue weighted by Crippen LogP contribution is 2.41. The van der Waals surface area contributed by atoms with Crippen molar-refractivity contribution in [1.29, 1.82) is 0 Å². The summed E-state index contributed by atoms with van der Waals surface area (Å²) < 4.78 is 0. The first-order chi connectivity index (χ1) is 24.5. The average molecular weight is 707 g/mol. The summed E-state index contributed by atoms with van der Waals surface area (Å²) in [5.41, 5.74) is 8.52. The standard InChI is InChI=1S/C48H70N2O2/c1-13-15-31-49-43-33-47(9,10)41(39(7)45(43)51)29-27-37(5)25-19-23-35(3)21-17-18-22-36(4)24-20-26-38(6)28-30-42-40(8)46(52)44(34-48(42,11)12)50-32-16-14-2/h17-30,43-44,49-50H,13-16,31-34H2,1-12H3. The van der Waals surface area contributed by atoms with Crippen LogP contribution in [0.25, 0.3) is 0 Å². The summed E-state index contributed by atoms with van der Waals surface area (Å²) in [7, 11) is 0. The molecule has 0 heterocycles. The van der Waals surface area contributed by atoms with Gasteiger partial charge in [-0.3, -0.25) is 9.59 Å². The Morgan fingerprint density at radius 1 is 0.577 bits per heavy atom. The maximum Gasteiger partial charge on any atom is 0.175 e. The van der Waals surface area contributed by atoms with Gasteiger partial charge in [0.1, 0.15) is 0 Å². The number of ketones is 2. The minimum Gasteiger partial charge on any atom is -0.307 e. The lowest BCUT2D eigenvalue weighted by Crippen LogP contribution is -2.45. The maximum atomic E-state index is 13.0. The van der Waals surface area contributed by atoms with E-state index >= 15 is 0 Å². The molecular formula is C48H70N2O2. The van der Waals surface area contributed by atoms with Crippen LogP contribution in [0.15, 0.2) is 130 Å². The van der Waals surface area contributed by atoms with Gasteiger partial charge in [0.05, 0.1) is 12.1 Å². The average Bonchev–Trinajstić information content (AvgIpc) is 3.07. The van der Waals surface area contributed by atoms with Crippen LogP contribution in [0.5, 0.6) is 0 Å². The first kappa shape index (κ1) is 44.6. The van der Waals surface area contributed by atoms with Gasteiger partial charge in [-0.1, -0.05) is 162 Å². The Kier molecular flexibility index (Phi) is 18.7. The van der Waals surface area contributed by atoms with Crippen LogP contribution in [-0.2, 0) is 9.59 Å². The SMILES string of the molecule is CCCCNC1CC(C)(C)C(C=CC(C)=CC=CC(C)=CC=CC=C(C)C=CC=C(C)C=CC2=C(C)C(=O)C(NCCCC)CC2(C)C)=C(C)C1=O. The second-order valence-electron chi connectivity index (χ2n) is 16.1. The van der Waals surface area contributed by atoms with E-state index in [1.54, 1.807) is 0 Å². The van der Waals surface area contributed by atoms with Gasteiger partial charge in [-0.2, -0.15) is 0 Å². The van der Waals surface area contributed by atoms with Gasteiger partial charge in [0, 0.05) is 0 Å². The van der Waals surface area contributed by atoms with Crippen LogP contribution in [-0.4, -0.2) is 36.7 Å². The zero-order valence-corrected chi connectivity index (χ0v) is 34.7. The van der Waals surface area contributed by atoms with E-state index in [1.165, 1.54) is 0 Å². The Balaban J connectivity index is 1.95. The minimum atomic E-state index is -0.0821. The summed E-state index contributed by atoms with van der Waals surface area (Å²) in [6.07, 6.45) is 35.5. The van der Waals surface area contributed by atoms with E-state index in [4.69, 9.17) is 0 Å². The summed E-state index contributed by atoms with van der Waals surface area (Å²) in [5.74, 6) is 0.469. The molecule has 0 amide bonds. The molecule has 0 fully saturated rings. The van der Waals surface area contributed by atoms with Crippen molar-refractivity contribution >= 4 is 11.6 Å². The highest BCUT2D eigenvalue weighted by molar-refractivity contribution is 6.02. The van der Waals surface area contributed by atoms with Gasteiger partial charge >= 0.3 is 0 Å². The number of nitrogens with one attached hydrogen (secondary N) is 2. The Hall–Kier alpha value is -3.60. The smallest absolute Gasteiger partial charge is 0.175 e. The van der Waals surface area contributed by atoms with Crippen molar-refractivity contribution in [3.8, 4) is 0 Å². The van der Waals surface area contributed by atoms with Crippen LogP contribution < -0.4 is 10.6 Å². The number of hydrogen-bond donors (Lipinski definition) is 2. The first-order valence-electron chi connectivity index (χ1n) is 19.6. The fraction of sp³-hybridized carbons (Fsp3) is 0.500. The van der Waals surface area contributed by atoms with Gasteiger partial charge in [-0.15, -0.1) is 0 Å². The van der Waals surface area contributed by atoms with Gasteiger partial charge in [-0.25, -0.2) is 0 Å². The number of unbranched alkanes of at least 4 members (excludes halogenated alkanes) is 2. The van der Waals surface area contributed by atoms with Crippen LogP contribution in [0, 0.1) is 10.8 Å². The molecule has 2 atom stereocenters. The van der Waals surface area contributed by atoms with Crippen LogP contribution >= 0.6 is 0 Å². The Morgan fingerprint density at radius 2 is 0.904 bits per heavy atom. The second-order valence-corrected chi connectivity index (χ2v) is 16.1. The maximum absolute atomic E-state index is 13.0. The summed E-state index contributed by atoms with van der Waals surface area (Å²) in [6.45, 7) is 27.4. The fourth-order valence-electron chi connectivity index (χ4n) is 6.94. The zero-order chi connectivity index (χ0) is 38.9. The number of carbonyl (C=O) groups excluding carboxylic acids is 2. The predicted molar refractivity (Wildman–Crippen MR) is 226 cm³/mol. The first-order valence-corrected chi connectivity index (χ1v) is 19.6. The molecule has 2 unspecified atom stereocenters. The minimum absolute atomic E-state index is 0.0566. The fourth-order valence-corrected chi connectivity index (χ4v) is 6.94. The molecule has 2 aliphatic rings. The third-order valence-electron chi connectivity index (χ3n) is 10.2. The molecule has 0 aromatic rings. The van der Waals surface area contributed by atoms with E-state index < -0.39 is 0 Å². The molecule has 52 heavy (non-hydrogen) atoms. The molecule has 0 aromatic carbocycles. The molecule has 2 N–H and O–H groups in total. The van der Waals surface area contributed by atoms with E-state index in [2.05, 4.69) is 165 Å².